The van der Waals surface area contributed by atoms with E-state index in [0.29, 0.717) is 23.8 Å². The lowest BCUT2D eigenvalue weighted by Gasteiger charge is -2.34. The number of aliphatic imine (C=N–C) groups is 1. The topological polar surface area (TPSA) is 24.8 Å². The van der Waals surface area contributed by atoms with E-state index in [4.69, 9.17) is 9.73 Å². The molecule has 0 spiro atoms. The van der Waals surface area contributed by atoms with Gasteiger partial charge in [0.15, 0.2) is 0 Å². The first-order valence-electron chi connectivity index (χ1n) is 10.2. The molecule has 3 unspecified atom stereocenters. The average Bonchev–Trinajstić information content (AvgIpc) is 2.98. The Labute approximate surface area is 163 Å². The Morgan fingerprint density at radius 1 is 0.963 bits per heavy atom. The lowest BCUT2D eigenvalue weighted by molar-refractivity contribution is 0.167. The predicted octanol–water partition coefficient (Wildman–Crippen LogP) is 5.26. The Balaban J connectivity index is 1.50. The number of piperidine rings is 1. The van der Waals surface area contributed by atoms with Crippen LogP contribution in [0.15, 0.2) is 59.6 Å². The summed E-state index contributed by atoms with van der Waals surface area (Å²) in [6.45, 7) is 7.13. The molecule has 1 fully saturated rings. The first-order valence-corrected chi connectivity index (χ1v) is 10.2. The zero-order valence-corrected chi connectivity index (χ0v) is 16.6. The molecule has 0 aliphatic carbocycles. The molecular weight excluding hydrogens is 332 g/mol. The molecule has 4 atom stereocenters. The maximum absolute atomic E-state index is 5.93. The minimum Gasteiger partial charge on any atom is -0.457 e. The molecule has 27 heavy (non-hydrogen) atoms. The fraction of sp³-hybridized carbons (Fsp3) is 0.458. The molecule has 1 saturated heterocycles. The third-order valence-corrected chi connectivity index (χ3v) is 6.32. The minimum atomic E-state index is 0.456. The van der Waals surface area contributed by atoms with E-state index in [2.05, 4.69) is 50.1 Å². The first kappa shape index (κ1) is 18.2. The van der Waals surface area contributed by atoms with Gasteiger partial charge in [-0.25, -0.2) is 0 Å². The summed E-state index contributed by atoms with van der Waals surface area (Å²) in [4.78, 5) is 7.71. The van der Waals surface area contributed by atoms with Crippen LogP contribution in [0.5, 0.6) is 11.5 Å². The Morgan fingerprint density at radius 3 is 2.37 bits per heavy atom. The first-order chi connectivity index (χ1) is 13.1. The molecular formula is C24H30N2O. The van der Waals surface area contributed by atoms with Crippen molar-refractivity contribution in [3.05, 3.63) is 60.2 Å². The second-order valence-electron chi connectivity index (χ2n) is 8.26. The van der Waals surface area contributed by atoms with Crippen LogP contribution in [0.25, 0.3) is 0 Å². The van der Waals surface area contributed by atoms with Crippen molar-refractivity contribution in [1.29, 1.82) is 0 Å². The summed E-state index contributed by atoms with van der Waals surface area (Å²) in [5.41, 5.74) is 2.51. The summed E-state index contributed by atoms with van der Waals surface area (Å²) in [7, 11) is 2.24. The van der Waals surface area contributed by atoms with Gasteiger partial charge in [-0.2, -0.15) is 0 Å². The van der Waals surface area contributed by atoms with Crippen molar-refractivity contribution in [2.75, 3.05) is 20.1 Å². The maximum atomic E-state index is 5.93. The molecule has 0 aromatic heterocycles. The molecule has 2 aliphatic heterocycles. The third kappa shape index (κ3) is 3.93. The summed E-state index contributed by atoms with van der Waals surface area (Å²) in [6.07, 6.45) is 2.61. The van der Waals surface area contributed by atoms with Gasteiger partial charge in [-0.3, -0.25) is 4.99 Å². The van der Waals surface area contributed by atoms with Gasteiger partial charge in [-0.05, 0) is 80.2 Å². The van der Waals surface area contributed by atoms with E-state index in [0.717, 1.165) is 11.5 Å². The quantitative estimate of drug-likeness (QED) is 0.741. The molecule has 2 heterocycles. The standard InChI is InChI=1S/C24H30N2O/c1-17-18(2)24(20-8-7-15-26(3)16-20)25-23(17)19-11-13-22(14-12-19)27-21-9-5-4-6-10-21/h4-6,9-14,17-18,20,24H,7-8,15-16H2,1-3H3/t17?,18?,20-,24?/m1/s1. The van der Waals surface area contributed by atoms with Crippen LogP contribution in [0.3, 0.4) is 0 Å². The number of likely N-dealkylation sites (tertiary alicyclic amines) is 1. The second-order valence-corrected chi connectivity index (χ2v) is 8.26. The van der Waals surface area contributed by atoms with Crippen LogP contribution in [0.4, 0.5) is 0 Å². The van der Waals surface area contributed by atoms with Crippen LogP contribution in [0.1, 0.15) is 32.3 Å². The molecule has 3 nitrogen and oxygen atoms in total. The Morgan fingerprint density at radius 2 is 1.67 bits per heavy atom. The van der Waals surface area contributed by atoms with Crippen molar-refractivity contribution in [2.24, 2.45) is 22.7 Å². The largest absolute Gasteiger partial charge is 0.457 e. The van der Waals surface area contributed by atoms with E-state index in [-0.39, 0.29) is 0 Å². The van der Waals surface area contributed by atoms with Crippen molar-refractivity contribution in [3.8, 4) is 11.5 Å². The molecule has 2 aromatic carbocycles. The Bertz CT molecular complexity index is 784. The number of benzene rings is 2. The van der Waals surface area contributed by atoms with Gasteiger partial charge in [0.1, 0.15) is 11.5 Å². The highest BCUT2D eigenvalue weighted by Crippen LogP contribution is 2.37. The molecule has 4 rings (SSSR count). The van der Waals surface area contributed by atoms with Crippen molar-refractivity contribution >= 4 is 5.71 Å². The number of hydrogen-bond donors (Lipinski definition) is 0. The normalized spacial score (nSPS) is 28.8. The van der Waals surface area contributed by atoms with Gasteiger partial charge in [0, 0.05) is 18.2 Å². The van der Waals surface area contributed by atoms with Gasteiger partial charge < -0.3 is 9.64 Å². The number of ether oxygens (including phenoxy) is 1. The van der Waals surface area contributed by atoms with Gasteiger partial charge in [0.05, 0.1) is 6.04 Å². The van der Waals surface area contributed by atoms with Crippen molar-refractivity contribution in [2.45, 2.75) is 32.7 Å². The Hall–Kier alpha value is -2.13. The Kier molecular flexibility index (Phi) is 5.31. The fourth-order valence-electron chi connectivity index (χ4n) is 4.62. The molecule has 2 aliphatic rings. The fourth-order valence-corrected chi connectivity index (χ4v) is 4.62. The van der Waals surface area contributed by atoms with Crippen molar-refractivity contribution < 1.29 is 4.74 Å². The monoisotopic (exact) mass is 362 g/mol. The van der Waals surface area contributed by atoms with E-state index < -0.39 is 0 Å². The summed E-state index contributed by atoms with van der Waals surface area (Å²) in [5.74, 6) is 3.54. The lowest BCUT2D eigenvalue weighted by atomic mass is 9.80. The van der Waals surface area contributed by atoms with Crippen LogP contribution < -0.4 is 4.74 Å². The lowest BCUT2D eigenvalue weighted by Crippen LogP contribution is -2.39. The molecule has 0 N–H and O–H groups in total. The van der Waals surface area contributed by atoms with Gasteiger partial charge >= 0.3 is 0 Å². The predicted molar refractivity (Wildman–Crippen MR) is 112 cm³/mol. The summed E-state index contributed by atoms with van der Waals surface area (Å²) in [6, 6.07) is 18.8. The van der Waals surface area contributed by atoms with E-state index in [1.54, 1.807) is 0 Å². The number of nitrogens with zero attached hydrogens (tertiary/aromatic N) is 2. The van der Waals surface area contributed by atoms with Crippen LogP contribution in [0.2, 0.25) is 0 Å². The highest BCUT2D eigenvalue weighted by Gasteiger charge is 2.38. The van der Waals surface area contributed by atoms with E-state index >= 15 is 0 Å². The van der Waals surface area contributed by atoms with Gasteiger partial charge in [0.2, 0.25) is 0 Å². The molecule has 0 bridgehead atoms. The van der Waals surface area contributed by atoms with Gasteiger partial charge in [-0.1, -0.05) is 32.0 Å². The average molecular weight is 363 g/mol. The van der Waals surface area contributed by atoms with Crippen LogP contribution in [0, 0.1) is 17.8 Å². The smallest absolute Gasteiger partial charge is 0.127 e. The van der Waals surface area contributed by atoms with Gasteiger partial charge in [0.25, 0.3) is 0 Å². The van der Waals surface area contributed by atoms with E-state index in [1.807, 2.05) is 30.3 Å². The van der Waals surface area contributed by atoms with Crippen molar-refractivity contribution in [3.63, 3.8) is 0 Å². The third-order valence-electron chi connectivity index (χ3n) is 6.32. The van der Waals surface area contributed by atoms with Crippen LogP contribution in [-0.4, -0.2) is 36.8 Å². The molecule has 0 radical (unpaired) electrons. The number of para-hydroxylation sites is 1. The second kappa shape index (κ2) is 7.85. The molecule has 0 saturated carbocycles. The summed E-state index contributed by atoms with van der Waals surface area (Å²) < 4.78 is 5.93. The van der Waals surface area contributed by atoms with Crippen LogP contribution >= 0.6 is 0 Å². The molecule has 0 amide bonds. The van der Waals surface area contributed by atoms with E-state index in [1.165, 1.54) is 37.2 Å². The minimum absolute atomic E-state index is 0.456. The van der Waals surface area contributed by atoms with E-state index in [9.17, 15) is 0 Å². The molecule has 3 heteroatoms. The SMILES string of the molecule is CC1C(c2ccc(Oc3ccccc3)cc2)=NC([C@@H]2CCCN(C)C2)C1C. The number of hydrogen-bond acceptors (Lipinski definition) is 3. The van der Waals surface area contributed by atoms with Gasteiger partial charge in [-0.15, -0.1) is 0 Å². The van der Waals surface area contributed by atoms with Crippen LogP contribution in [-0.2, 0) is 0 Å². The zero-order chi connectivity index (χ0) is 18.8. The van der Waals surface area contributed by atoms with Crippen molar-refractivity contribution in [1.82, 2.24) is 4.90 Å². The molecule has 2 aromatic rings. The molecule has 142 valence electrons. The highest BCUT2D eigenvalue weighted by molar-refractivity contribution is 6.03. The summed E-state index contributed by atoms with van der Waals surface area (Å²) in [5, 5.41) is 0. The summed E-state index contributed by atoms with van der Waals surface area (Å²) >= 11 is 0. The zero-order valence-electron chi connectivity index (χ0n) is 16.6. The highest BCUT2D eigenvalue weighted by atomic mass is 16.5. The number of rotatable bonds is 4. The maximum Gasteiger partial charge on any atom is 0.127 e.